The Kier molecular flexibility index (Phi) is 6.57. The molecule has 0 aromatic heterocycles. The standard InChI is InChI=1S/C9H21NO/c1-5-8(7-11-4)9(6-2)10-3/h8-10H,5-7H2,1-4H3. The zero-order valence-corrected chi connectivity index (χ0v) is 8.18. The van der Waals surface area contributed by atoms with Crippen molar-refractivity contribution >= 4 is 0 Å². The third-order valence-electron chi connectivity index (χ3n) is 2.28. The van der Waals surface area contributed by atoms with Crippen LogP contribution in [0.2, 0.25) is 0 Å². The fourth-order valence-corrected chi connectivity index (χ4v) is 1.51. The molecule has 0 spiro atoms. The Labute approximate surface area is 70.3 Å². The van der Waals surface area contributed by atoms with E-state index in [1.807, 2.05) is 7.05 Å². The van der Waals surface area contributed by atoms with Crippen molar-refractivity contribution in [2.24, 2.45) is 5.92 Å². The fraction of sp³-hybridized carbons (Fsp3) is 1.00. The van der Waals surface area contributed by atoms with Crippen LogP contribution in [0.4, 0.5) is 0 Å². The van der Waals surface area contributed by atoms with Crippen LogP contribution in [-0.4, -0.2) is 26.8 Å². The highest BCUT2D eigenvalue weighted by Gasteiger charge is 2.15. The number of nitrogens with one attached hydrogen (secondary N) is 1. The Bertz CT molecular complexity index is 81.6. The Morgan fingerprint density at radius 2 is 1.91 bits per heavy atom. The minimum Gasteiger partial charge on any atom is -0.384 e. The van der Waals surface area contributed by atoms with Crippen LogP contribution in [-0.2, 0) is 4.74 Å². The van der Waals surface area contributed by atoms with Crippen molar-refractivity contribution in [2.45, 2.75) is 32.7 Å². The molecule has 2 atom stereocenters. The lowest BCUT2D eigenvalue weighted by Crippen LogP contribution is -2.34. The van der Waals surface area contributed by atoms with Crippen molar-refractivity contribution in [3.8, 4) is 0 Å². The van der Waals surface area contributed by atoms with Gasteiger partial charge < -0.3 is 10.1 Å². The number of ether oxygens (including phenoxy) is 1. The molecule has 2 nitrogen and oxygen atoms in total. The molecule has 0 saturated carbocycles. The van der Waals surface area contributed by atoms with Gasteiger partial charge in [-0.1, -0.05) is 13.8 Å². The van der Waals surface area contributed by atoms with Crippen LogP contribution in [0.5, 0.6) is 0 Å². The van der Waals surface area contributed by atoms with Crippen LogP contribution in [0.25, 0.3) is 0 Å². The first kappa shape index (κ1) is 10.9. The van der Waals surface area contributed by atoms with Gasteiger partial charge in [0, 0.05) is 13.2 Å². The van der Waals surface area contributed by atoms with Gasteiger partial charge in [-0.2, -0.15) is 0 Å². The molecule has 0 heterocycles. The molecule has 0 bridgehead atoms. The first-order chi connectivity index (χ1) is 5.29. The Balaban J connectivity index is 3.76. The SMILES string of the molecule is CCC(COC)C(CC)NC. The first-order valence-electron chi connectivity index (χ1n) is 4.46. The van der Waals surface area contributed by atoms with Gasteiger partial charge in [-0.15, -0.1) is 0 Å². The summed E-state index contributed by atoms with van der Waals surface area (Å²) < 4.78 is 5.14. The van der Waals surface area contributed by atoms with Crippen LogP contribution in [0.3, 0.4) is 0 Å². The third kappa shape index (κ3) is 3.73. The minimum absolute atomic E-state index is 0.611. The average molecular weight is 159 g/mol. The van der Waals surface area contributed by atoms with Crippen molar-refractivity contribution in [1.29, 1.82) is 0 Å². The molecule has 0 rings (SSSR count). The smallest absolute Gasteiger partial charge is 0.0505 e. The Morgan fingerprint density at radius 3 is 2.18 bits per heavy atom. The molecule has 0 radical (unpaired) electrons. The van der Waals surface area contributed by atoms with E-state index in [9.17, 15) is 0 Å². The molecule has 0 aliphatic heterocycles. The number of methoxy groups -OCH3 is 1. The summed E-state index contributed by atoms with van der Waals surface area (Å²) in [5.74, 6) is 0.662. The largest absolute Gasteiger partial charge is 0.384 e. The maximum absolute atomic E-state index is 5.14. The molecule has 0 aliphatic carbocycles. The summed E-state index contributed by atoms with van der Waals surface area (Å²) in [5.41, 5.74) is 0. The van der Waals surface area contributed by atoms with Gasteiger partial charge in [0.05, 0.1) is 6.61 Å². The van der Waals surface area contributed by atoms with E-state index < -0.39 is 0 Å². The van der Waals surface area contributed by atoms with E-state index >= 15 is 0 Å². The van der Waals surface area contributed by atoms with Crippen molar-refractivity contribution in [2.75, 3.05) is 20.8 Å². The summed E-state index contributed by atoms with van der Waals surface area (Å²) in [6.07, 6.45) is 2.37. The second-order valence-electron chi connectivity index (χ2n) is 2.93. The molecule has 0 amide bonds. The van der Waals surface area contributed by atoms with Crippen molar-refractivity contribution < 1.29 is 4.74 Å². The number of rotatable bonds is 6. The van der Waals surface area contributed by atoms with E-state index in [1.165, 1.54) is 12.8 Å². The third-order valence-corrected chi connectivity index (χ3v) is 2.28. The first-order valence-corrected chi connectivity index (χ1v) is 4.46. The second-order valence-corrected chi connectivity index (χ2v) is 2.93. The minimum atomic E-state index is 0.611. The number of hydrogen-bond acceptors (Lipinski definition) is 2. The molecule has 0 fully saturated rings. The Morgan fingerprint density at radius 1 is 1.27 bits per heavy atom. The number of hydrogen-bond donors (Lipinski definition) is 1. The van der Waals surface area contributed by atoms with Crippen LogP contribution in [0, 0.1) is 5.92 Å². The van der Waals surface area contributed by atoms with Gasteiger partial charge in [-0.25, -0.2) is 0 Å². The van der Waals surface area contributed by atoms with E-state index in [-0.39, 0.29) is 0 Å². The summed E-state index contributed by atoms with van der Waals surface area (Å²) in [6, 6.07) is 0.611. The average Bonchev–Trinajstić information content (AvgIpc) is 2.05. The highest BCUT2D eigenvalue weighted by atomic mass is 16.5. The molecular weight excluding hydrogens is 138 g/mol. The summed E-state index contributed by atoms with van der Waals surface area (Å²) in [6.45, 7) is 5.29. The van der Waals surface area contributed by atoms with E-state index in [1.54, 1.807) is 7.11 Å². The second kappa shape index (κ2) is 6.62. The van der Waals surface area contributed by atoms with Crippen LogP contribution < -0.4 is 5.32 Å². The van der Waals surface area contributed by atoms with Gasteiger partial charge in [0.1, 0.15) is 0 Å². The summed E-state index contributed by atoms with van der Waals surface area (Å²) in [7, 11) is 3.79. The molecule has 2 heteroatoms. The molecular formula is C9H21NO. The van der Waals surface area contributed by atoms with Gasteiger partial charge in [0.25, 0.3) is 0 Å². The lowest BCUT2D eigenvalue weighted by molar-refractivity contribution is 0.128. The van der Waals surface area contributed by atoms with Gasteiger partial charge in [0.2, 0.25) is 0 Å². The topological polar surface area (TPSA) is 21.3 Å². The molecule has 0 aliphatic rings. The lowest BCUT2D eigenvalue weighted by Gasteiger charge is -2.23. The van der Waals surface area contributed by atoms with E-state index in [0.717, 1.165) is 6.61 Å². The van der Waals surface area contributed by atoms with E-state index in [0.29, 0.717) is 12.0 Å². The van der Waals surface area contributed by atoms with Crippen molar-refractivity contribution in [3.63, 3.8) is 0 Å². The summed E-state index contributed by atoms with van der Waals surface area (Å²) >= 11 is 0. The van der Waals surface area contributed by atoms with Crippen molar-refractivity contribution in [1.82, 2.24) is 5.32 Å². The predicted octanol–water partition coefficient (Wildman–Crippen LogP) is 1.66. The summed E-state index contributed by atoms with van der Waals surface area (Å²) in [5, 5.41) is 3.31. The molecule has 68 valence electrons. The van der Waals surface area contributed by atoms with Crippen LogP contribution in [0.1, 0.15) is 26.7 Å². The molecule has 11 heavy (non-hydrogen) atoms. The van der Waals surface area contributed by atoms with Gasteiger partial charge in [-0.3, -0.25) is 0 Å². The predicted molar refractivity (Wildman–Crippen MR) is 48.8 cm³/mol. The maximum atomic E-state index is 5.14. The monoisotopic (exact) mass is 159 g/mol. The highest BCUT2D eigenvalue weighted by molar-refractivity contribution is 4.71. The highest BCUT2D eigenvalue weighted by Crippen LogP contribution is 2.11. The van der Waals surface area contributed by atoms with Crippen LogP contribution >= 0.6 is 0 Å². The molecule has 2 unspecified atom stereocenters. The molecule has 0 aromatic carbocycles. The zero-order valence-electron chi connectivity index (χ0n) is 8.18. The van der Waals surface area contributed by atoms with Gasteiger partial charge in [0.15, 0.2) is 0 Å². The quantitative estimate of drug-likeness (QED) is 0.636. The van der Waals surface area contributed by atoms with E-state index in [2.05, 4.69) is 19.2 Å². The van der Waals surface area contributed by atoms with Gasteiger partial charge >= 0.3 is 0 Å². The van der Waals surface area contributed by atoms with Crippen molar-refractivity contribution in [3.05, 3.63) is 0 Å². The molecule has 1 N–H and O–H groups in total. The Hall–Kier alpha value is -0.0800. The van der Waals surface area contributed by atoms with Crippen LogP contribution in [0.15, 0.2) is 0 Å². The molecule has 0 saturated heterocycles. The normalized spacial score (nSPS) is 16.4. The molecule has 0 aromatic rings. The lowest BCUT2D eigenvalue weighted by atomic mass is 9.96. The van der Waals surface area contributed by atoms with E-state index in [4.69, 9.17) is 4.74 Å². The maximum Gasteiger partial charge on any atom is 0.0505 e. The zero-order chi connectivity index (χ0) is 8.69. The summed E-state index contributed by atoms with van der Waals surface area (Å²) in [4.78, 5) is 0. The van der Waals surface area contributed by atoms with Gasteiger partial charge in [-0.05, 0) is 25.8 Å². The fourth-order valence-electron chi connectivity index (χ4n) is 1.51.